The number of ether oxygens (including phenoxy) is 1. The Morgan fingerprint density at radius 1 is 1.00 bits per heavy atom. The van der Waals surface area contributed by atoms with Crippen molar-refractivity contribution in [2.75, 3.05) is 50.0 Å². The normalized spacial score (nSPS) is 21.8. The monoisotopic (exact) mass is 607 g/mol. The van der Waals surface area contributed by atoms with E-state index in [0.29, 0.717) is 49.0 Å². The van der Waals surface area contributed by atoms with Crippen molar-refractivity contribution < 1.29 is 14.3 Å². The maximum absolute atomic E-state index is 13.5. The Hall–Kier alpha value is -4.44. The van der Waals surface area contributed by atoms with Crippen LogP contribution in [-0.4, -0.2) is 75.5 Å². The van der Waals surface area contributed by atoms with E-state index in [1.807, 2.05) is 39.9 Å². The van der Waals surface area contributed by atoms with Crippen molar-refractivity contribution in [1.29, 1.82) is 0 Å². The summed E-state index contributed by atoms with van der Waals surface area (Å²) in [4.78, 5) is 39.2. The van der Waals surface area contributed by atoms with Gasteiger partial charge < -0.3 is 29.6 Å². The molecule has 0 spiro atoms. The second-order valence-electron chi connectivity index (χ2n) is 13.0. The van der Waals surface area contributed by atoms with E-state index in [-0.39, 0.29) is 11.9 Å². The number of hydrogen-bond donors (Lipinski definition) is 2. The zero-order valence-electron chi connectivity index (χ0n) is 26.1. The van der Waals surface area contributed by atoms with Crippen LogP contribution in [0.2, 0.25) is 0 Å². The van der Waals surface area contributed by atoms with Gasteiger partial charge in [0.25, 0.3) is 5.91 Å². The summed E-state index contributed by atoms with van der Waals surface area (Å²) >= 11 is 0. The first-order chi connectivity index (χ1) is 21.9. The Morgan fingerprint density at radius 3 is 2.69 bits per heavy atom. The van der Waals surface area contributed by atoms with Crippen LogP contribution >= 0.6 is 0 Å². The van der Waals surface area contributed by atoms with Gasteiger partial charge in [-0.05, 0) is 72.9 Å². The van der Waals surface area contributed by atoms with Crippen molar-refractivity contribution in [3.8, 4) is 11.1 Å². The lowest BCUT2D eigenvalue weighted by molar-refractivity contribution is 0.0302. The maximum Gasteiger partial charge on any atom is 0.321 e. The molecule has 0 radical (unpaired) electrons. The summed E-state index contributed by atoms with van der Waals surface area (Å²) in [5.41, 5.74) is 6.29. The number of carbonyl (C=O) groups is 2. The molecule has 3 amide bonds. The maximum atomic E-state index is 13.5. The lowest BCUT2D eigenvalue weighted by Crippen LogP contribution is -2.50. The number of nitrogens with one attached hydrogen (secondary N) is 2. The third-order valence-electron chi connectivity index (χ3n) is 10.2. The molecule has 4 aromatic rings. The van der Waals surface area contributed by atoms with Crippen LogP contribution in [0, 0.1) is 18.3 Å². The Kier molecular flexibility index (Phi) is 7.91. The number of nitrogens with zero attached hydrogens (tertiary/aromatic N) is 5. The molecule has 3 aromatic heterocycles. The number of pyridine rings is 2. The number of carbonyl (C=O) groups excluding carboxylic acids is 2. The second kappa shape index (κ2) is 12.2. The molecule has 10 nitrogen and oxygen atoms in total. The number of imidazole rings is 1. The van der Waals surface area contributed by atoms with Crippen molar-refractivity contribution >= 4 is 34.8 Å². The first kappa shape index (κ1) is 29.3. The Balaban J connectivity index is 1.10. The van der Waals surface area contributed by atoms with Crippen LogP contribution in [0.3, 0.4) is 0 Å². The smallest absolute Gasteiger partial charge is 0.321 e. The highest BCUT2D eigenvalue weighted by atomic mass is 16.5. The van der Waals surface area contributed by atoms with Gasteiger partial charge in [0, 0.05) is 62.2 Å². The number of morpholine rings is 1. The molecular weight excluding hydrogens is 566 g/mol. The highest BCUT2D eigenvalue weighted by molar-refractivity contribution is 5.94. The number of rotatable bonds is 5. The summed E-state index contributed by atoms with van der Waals surface area (Å²) in [5.74, 6) is 1.16. The van der Waals surface area contributed by atoms with E-state index in [0.717, 1.165) is 53.2 Å². The molecule has 2 aliphatic heterocycles. The van der Waals surface area contributed by atoms with Crippen molar-refractivity contribution in [1.82, 2.24) is 24.2 Å². The van der Waals surface area contributed by atoms with E-state index in [1.54, 1.807) is 23.4 Å². The number of piperidine rings is 1. The average Bonchev–Trinajstić information content (AvgIpc) is 3.55. The van der Waals surface area contributed by atoms with Crippen LogP contribution in [0.15, 0.2) is 61.2 Å². The molecule has 0 bridgehead atoms. The van der Waals surface area contributed by atoms with Crippen LogP contribution < -0.4 is 10.6 Å². The molecule has 1 aromatic carbocycles. The molecule has 2 saturated heterocycles. The predicted octanol–water partition coefficient (Wildman–Crippen LogP) is 6.35. The third kappa shape index (κ3) is 5.86. The number of likely N-dealkylation sites (tertiary alicyclic amines) is 1. The Morgan fingerprint density at radius 2 is 1.87 bits per heavy atom. The molecule has 2 N–H and O–H groups in total. The molecular formula is C35H41N7O3. The number of fused-ring (bicyclic) bond motifs is 2. The Bertz CT molecular complexity index is 1710. The van der Waals surface area contributed by atoms with Gasteiger partial charge in [0.1, 0.15) is 5.82 Å². The van der Waals surface area contributed by atoms with Gasteiger partial charge in [0.05, 0.1) is 24.5 Å². The van der Waals surface area contributed by atoms with Gasteiger partial charge in [-0.15, -0.1) is 0 Å². The number of aromatic nitrogens is 3. The number of urea groups is 1. The third-order valence-corrected chi connectivity index (χ3v) is 10.2. The number of anilines is 3. The minimum absolute atomic E-state index is 0.0167. The molecule has 1 aliphatic carbocycles. The van der Waals surface area contributed by atoms with Crippen LogP contribution in [0.25, 0.3) is 16.8 Å². The lowest BCUT2D eigenvalue weighted by Gasteiger charge is -2.48. The second-order valence-corrected chi connectivity index (χ2v) is 13.0. The molecule has 3 aliphatic rings. The number of benzene rings is 1. The largest absolute Gasteiger partial charge is 0.378 e. The molecule has 10 heteroatoms. The van der Waals surface area contributed by atoms with E-state index in [4.69, 9.17) is 4.74 Å². The van der Waals surface area contributed by atoms with Crippen LogP contribution in [0.4, 0.5) is 22.0 Å². The number of amides is 3. The van der Waals surface area contributed by atoms with Crippen molar-refractivity contribution in [2.45, 2.75) is 46.0 Å². The molecule has 0 unspecified atom stereocenters. The quantitative estimate of drug-likeness (QED) is 0.274. The zero-order valence-corrected chi connectivity index (χ0v) is 26.1. The summed E-state index contributed by atoms with van der Waals surface area (Å²) in [7, 11) is 0. The first-order valence-electron chi connectivity index (χ1n) is 16.1. The van der Waals surface area contributed by atoms with E-state index in [9.17, 15) is 9.59 Å². The van der Waals surface area contributed by atoms with Gasteiger partial charge >= 0.3 is 6.03 Å². The fourth-order valence-corrected chi connectivity index (χ4v) is 7.28. The molecule has 5 heterocycles. The summed E-state index contributed by atoms with van der Waals surface area (Å²) in [5, 5.41) is 6.64. The van der Waals surface area contributed by atoms with Gasteiger partial charge in [-0.2, -0.15) is 0 Å². The average molecular weight is 608 g/mol. The lowest BCUT2D eigenvalue weighted by atomic mass is 9.64. The fourth-order valence-electron chi connectivity index (χ4n) is 7.28. The zero-order chi connectivity index (χ0) is 31.0. The van der Waals surface area contributed by atoms with Crippen molar-refractivity contribution in [2.24, 2.45) is 11.3 Å². The van der Waals surface area contributed by atoms with Gasteiger partial charge in [-0.1, -0.05) is 31.9 Å². The van der Waals surface area contributed by atoms with Gasteiger partial charge in [0.2, 0.25) is 0 Å². The van der Waals surface area contributed by atoms with Crippen molar-refractivity contribution in [3.63, 3.8) is 0 Å². The topological polar surface area (TPSA) is 104 Å². The summed E-state index contributed by atoms with van der Waals surface area (Å²) < 4.78 is 7.35. The van der Waals surface area contributed by atoms with E-state index < -0.39 is 0 Å². The van der Waals surface area contributed by atoms with Crippen LogP contribution in [0.1, 0.15) is 54.9 Å². The number of hydrogen-bond acceptors (Lipinski definition) is 6. The predicted molar refractivity (Wildman–Crippen MR) is 175 cm³/mol. The first-order valence-corrected chi connectivity index (χ1v) is 16.1. The molecule has 45 heavy (non-hydrogen) atoms. The van der Waals surface area contributed by atoms with Gasteiger partial charge in [-0.3, -0.25) is 4.79 Å². The van der Waals surface area contributed by atoms with E-state index in [2.05, 4.69) is 46.6 Å². The van der Waals surface area contributed by atoms with Gasteiger partial charge in [-0.25, -0.2) is 14.8 Å². The standard InChI is InChI=1S/C35H41N7O3/c1-24-28(7-5-8-29(24)39-34(44)42-14-12-35(2)11-4-3-6-27(35)23-42)26-20-30(32-36-13-15-41(32)22-26)38-31-10-9-25(21-37-31)33(43)40-16-18-45-19-17-40/h5,7-10,13,15,20-22,27H,3-4,6,11-12,14,16-19,23H2,1-2H3,(H,37,38)(H,39,44)/t27-,35-/m1/s1. The SMILES string of the molecule is Cc1c(NC(=O)N2CC[C@@]3(C)CCCC[C@@H]3C2)cccc1-c1cc(Nc2ccc(C(=O)N3CCOCC3)cn2)c2nccn2c1. The molecule has 234 valence electrons. The van der Waals surface area contributed by atoms with Crippen LogP contribution in [0.5, 0.6) is 0 Å². The van der Waals surface area contributed by atoms with E-state index in [1.165, 1.54) is 25.7 Å². The molecule has 7 rings (SSSR count). The summed E-state index contributed by atoms with van der Waals surface area (Å²) in [6.45, 7) is 8.41. The minimum atomic E-state index is -0.0369. The minimum Gasteiger partial charge on any atom is -0.378 e. The molecule has 3 fully saturated rings. The fraction of sp³-hybridized carbons (Fsp3) is 0.429. The highest BCUT2D eigenvalue weighted by Gasteiger charge is 2.41. The van der Waals surface area contributed by atoms with Gasteiger partial charge in [0.15, 0.2) is 5.65 Å². The van der Waals surface area contributed by atoms with E-state index >= 15 is 0 Å². The van der Waals surface area contributed by atoms with Crippen molar-refractivity contribution in [3.05, 3.63) is 72.3 Å². The summed E-state index contributed by atoms with van der Waals surface area (Å²) in [6, 6.07) is 11.7. The highest BCUT2D eigenvalue weighted by Crippen LogP contribution is 2.46. The Labute approximate surface area is 263 Å². The summed E-state index contributed by atoms with van der Waals surface area (Å²) in [6.07, 6.45) is 13.5. The van der Waals surface area contributed by atoms with Crippen LogP contribution in [-0.2, 0) is 4.74 Å². The molecule has 2 atom stereocenters. The molecule has 1 saturated carbocycles.